The monoisotopic (exact) mass is 282 g/mol. The van der Waals surface area contributed by atoms with E-state index in [1.165, 1.54) is 5.56 Å². The highest BCUT2D eigenvalue weighted by Gasteiger charge is 2.31. The molecule has 1 heterocycles. The van der Waals surface area contributed by atoms with Gasteiger partial charge in [-0.05, 0) is 31.0 Å². The van der Waals surface area contributed by atoms with E-state index in [0.29, 0.717) is 0 Å². The Balaban J connectivity index is 1.89. The molecular weight excluding hydrogens is 260 g/mol. The Morgan fingerprint density at radius 3 is 2.67 bits per heavy atom. The fourth-order valence-corrected chi connectivity index (χ4v) is 2.74. The van der Waals surface area contributed by atoms with Crippen LogP contribution in [0.5, 0.6) is 5.75 Å². The average molecular weight is 282 g/mol. The minimum atomic E-state index is -0.113. The Kier molecular flexibility index (Phi) is 3.74. The van der Waals surface area contributed by atoms with Gasteiger partial charge in [0.15, 0.2) is 0 Å². The molecule has 0 saturated heterocycles. The van der Waals surface area contributed by atoms with Gasteiger partial charge in [0.05, 0.1) is 17.8 Å². The summed E-state index contributed by atoms with van der Waals surface area (Å²) >= 11 is 0. The largest absolute Gasteiger partial charge is 0.491 e. The lowest BCUT2D eigenvalue weighted by Crippen LogP contribution is -2.42. The number of rotatable bonds is 4. The van der Waals surface area contributed by atoms with E-state index in [0.717, 1.165) is 36.7 Å². The van der Waals surface area contributed by atoms with Crippen LogP contribution in [0, 0.1) is 0 Å². The third-order valence-corrected chi connectivity index (χ3v) is 3.93. The standard InChI is InChI=1S/C18H22N2O/c1-3-12-21-16-11-7-10-15-17(16)19-13-18(2,20-15)14-8-5-4-6-9-14/h4-11,19-20H,3,12-13H2,1-2H3. The molecule has 0 spiro atoms. The van der Waals surface area contributed by atoms with Crippen molar-refractivity contribution in [2.45, 2.75) is 25.8 Å². The summed E-state index contributed by atoms with van der Waals surface area (Å²) in [6, 6.07) is 16.7. The van der Waals surface area contributed by atoms with Crippen LogP contribution >= 0.6 is 0 Å². The second-order valence-corrected chi connectivity index (χ2v) is 5.70. The van der Waals surface area contributed by atoms with Crippen molar-refractivity contribution >= 4 is 11.4 Å². The Morgan fingerprint density at radius 1 is 1.10 bits per heavy atom. The van der Waals surface area contributed by atoms with E-state index in [1.54, 1.807) is 0 Å². The number of anilines is 2. The van der Waals surface area contributed by atoms with Crippen molar-refractivity contribution in [2.24, 2.45) is 0 Å². The topological polar surface area (TPSA) is 33.3 Å². The van der Waals surface area contributed by atoms with Crippen LogP contribution in [-0.4, -0.2) is 13.2 Å². The van der Waals surface area contributed by atoms with Crippen molar-refractivity contribution in [1.82, 2.24) is 0 Å². The number of para-hydroxylation sites is 1. The summed E-state index contributed by atoms with van der Waals surface area (Å²) in [5.74, 6) is 0.928. The molecule has 0 bridgehead atoms. The first kappa shape index (κ1) is 13.8. The molecule has 0 aliphatic carbocycles. The molecule has 3 heteroatoms. The molecule has 110 valence electrons. The molecule has 0 saturated carbocycles. The van der Waals surface area contributed by atoms with Gasteiger partial charge in [-0.15, -0.1) is 0 Å². The third-order valence-electron chi connectivity index (χ3n) is 3.93. The quantitative estimate of drug-likeness (QED) is 0.880. The zero-order chi connectivity index (χ0) is 14.7. The van der Waals surface area contributed by atoms with Gasteiger partial charge >= 0.3 is 0 Å². The minimum Gasteiger partial charge on any atom is -0.491 e. The summed E-state index contributed by atoms with van der Waals surface area (Å²) in [5.41, 5.74) is 3.33. The second-order valence-electron chi connectivity index (χ2n) is 5.70. The van der Waals surface area contributed by atoms with Gasteiger partial charge in [0.25, 0.3) is 0 Å². The maximum atomic E-state index is 5.82. The molecule has 3 rings (SSSR count). The number of hydrogen-bond donors (Lipinski definition) is 2. The Bertz CT molecular complexity index is 612. The van der Waals surface area contributed by atoms with Crippen molar-refractivity contribution in [3.8, 4) is 5.75 Å². The smallest absolute Gasteiger partial charge is 0.144 e. The normalized spacial score (nSPS) is 20.1. The maximum Gasteiger partial charge on any atom is 0.144 e. The summed E-state index contributed by atoms with van der Waals surface area (Å²) in [6.45, 7) is 5.91. The van der Waals surface area contributed by atoms with Gasteiger partial charge in [0.2, 0.25) is 0 Å². The first-order valence-electron chi connectivity index (χ1n) is 7.56. The van der Waals surface area contributed by atoms with Gasteiger partial charge in [0, 0.05) is 6.54 Å². The molecule has 1 aliphatic rings. The number of benzene rings is 2. The molecule has 0 amide bonds. The van der Waals surface area contributed by atoms with E-state index >= 15 is 0 Å². The first-order chi connectivity index (χ1) is 10.2. The highest BCUT2D eigenvalue weighted by atomic mass is 16.5. The number of hydrogen-bond acceptors (Lipinski definition) is 3. The van der Waals surface area contributed by atoms with Crippen molar-refractivity contribution in [2.75, 3.05) is 23.8 Å². The molecule has 21 heavy (non-hydrogen) atoms. The Morgan fingerprint density at radius 2 is 1.90 bits per heavy atom. The van der Waals surface area contributed by atoms with E-state index in [9.17, 15) is 0 Å². The van der Waals surface area contributed by atoms with Crippen LogP contribution in [-0.2, 0) is 5.54 Å². The third kappa shape index (κ3) is 2.68. The maximum absolute atomic E-state index is 5.82. The van der Waals surface area contributed by atoms with E-state index in [4.69, 9.17) is 4.74 Å². The lowest BCUT2D eigenvalue weighted by Gasteiger charge is -2.38. The summed E-state index contributed by atoms with van der Waals surface area (Å²) < 4.78 is 5.82. The summed E-state index contributed by atoms with van der Waals surface area (Å²) in [6.07, 6.45) is 1.01. The molecular formula is C18H22N2O. The molecule has 2 N–H and O–H groups in total. The first-order valence-corrected chi connectivity index (χ1v) is 7.56. The van der Waals surface area contributed by atoms with Gasteiger partial charge in [-0.3, -0.25) is 0 Å². The molecule has 1 aliphatic heterocycles. The predicted octanol–water partition coefficient (Wildman–Crippen LogP) is 4.23. The van der Waals surface area contributed by atoms with Crippen molar-refractivity contribution in [3.05, 3.63) is 54.1 Å². The van der Waals surface area contributed by atoms with Crippen LogP contribution < -0.4 is 15.4 Å². The highest BCUT2D eigenvalue weighted by molar-refractivity contribution is 5.78. The van der Waals surface area contributed by atoms with Crippen LogP contribution in [0.15, 0.2) is 48.5 Å². The molecule has 2 aromatic rings. The van der Waals surface area contributed by atoms with Gasteiger partial charge in [-0.1, -0.05) is 43.3 Å². The fourth-order valence-electron chi connectivity index (χ4n) is 2.74. The lowest BCUT2D eigenvalue weighted by atomic mass is 9.89. The molecule has 0 radical (unpaired) electrons. The van der Waals surface area contributed by atoms with Crippen LogP contribution in [0.2, 0.25) is 0 Å². The van der Waals surface area contributed by atoms with Crippen molar-refractivity contribution < 1.29 is 4.74 Å². The minimum absolute atomic E-state index is 0.113. The highest BCUT2D eigenvalue weighted by Crippen LogP contribution is 2.40. The van der Waals surface area contributed by atoms with Gasteiger partial charge in [0.1, 0.15) is 11.4 Å². The number of nitrogens with one attached hydrogen (secondary N) is 2. The van der Waals surface area contributed by atoms with Crippen LogP contribution in [0.25, 0.3) is 0 Å². The van der Waals surface area contributed by atoms with Crippen molar-refractivity contribution in [1.29, 1.82) is 0 Å². The van der Waals surface area contributed by atoms with Crippen LogP contribution in [0.3, 0.4) is 0 Å². The van der Waals surface area contributed by atoms with E-state index in [1.807, 2.05) is 18.2 Å². The molecule has 0 aromatic heterocycles. The van der Waals surface area contributed by atoms with Crippen molar-refractivity contribution in [3.63, 3.8) is 0 Å². The van der Waals surface area contributed by atoms with Crippen LogP contribution in [0.4, 0.5) is 11.4 Å². The molecule has 3 nitrogen and oxygen atoms in total. The van der Waals surface area contributed by atoms with E-state index < -0.39 is 0 Å². The van der Waals surface area contributed by atoms with Crippen LogP contribution in [0.1, 0.15) is 25.8 Å². The predicted molar refractivity (Wildman–Crippen MR) is 88.1 cm³/mol. The second kappa shape index (κ2) is 5.68. The Hall–Kier alpha value is -2.16. The molecule has 1 unspecified atom stereocenters. The fraction of sp³-hybridized carbons (Fsp3) is 0.333. The van der Waals surface area contributed by atoms with Gasteiger partial charge in [-0.2, -0.15) is 0 Å². The zero-order valence-corrected chi connectivity index (χ0v) is 12.6. The lowest BCUT2D eigenvalue weighted by molar-refractivity contribution is 0.318. The summed E-state index contributed by atoms with van der Waals surface area (Å²) in [4.78, 5) is 0. The van der Waals surface area contributed by atoms with Gasteiger partial charge < -0.3 is 15.4 Å². The van der Waals surface area contributed by atoms with Gasteiger partial charge in [-0.25, -0.2) is 0 Å². The molecule has 0 fully saturated rings. The Labute approximate surface area is 126 Å². The number of ether oxygens (including phenoxy) is 1. The number of fused-ring (bicyclic) bond motifs is 1. The summed E-state index contributed by atoms with van der Waals surface area (Å²) in [5, 5.41) is 7.21. The summed E-state index contributed by atoms with van der Waals surface area (Å²) in [7, 11) is 0. The molecule has 2 aromatic carbocycles. The van der Waals surface area contributed by atoms with E-state index in [-0.39, 0.29) is 5.54 Å². The average Bonchev–Trinajstić information content (AvgIpc) is 2.53. The SMILES string of the molecule is CCCOc1cccc2c1NCC(C)(c1ccccc1)N2. The van der Waals surface area contributed by atoms with E-state index in [2.05, 4.69) is 54.8 Å². The zero-order valence-electron chi connectivity index (χ0n) is 12.6. The molecule has 1 atom stereocenters.